The molecule has 43 heavy (non-hydrogen) atoms. The zero-order chi connectivity index (χ0) is 32.8. The molecule has 1 atom stereocenters. The maximum absolute atomic E-state index is 12.5. The smallest absolute Gasteiger partial charge is 0.413 e. The third-order valence-corrected chi connectivity index (χ3v) is 9.80. The third-order valence-electron chi connectivity index (χ3n) is 5.44. The van der Waals surface area contributed by atoms with Crippen molar-refractivity contribution < 1.29 is 38.1 Å². The molecular formula is C27H49N5O8SSi2. The summed E-state index contributed by atoms with van der Waals surface area (Å²) >= 11 is 1.20. The minimum absolute atomic E-state index is 0.102. The Labute approximate surface area is 260 Å². The van der Waals surface area contributed by atoms with Crippen LogP contribution in [0.4, 0.5) is 14.4 Å². The van der Waals surface area contributed by atoms with Crippen molar-refractivity contribution in [2.45, 2.75) is 96.6 Å². The lowest BCUT2D eigenvalue weighted by Crippen LogP contribution is -2.45. The topological polar surface area (TPSA) is 167 Å². The number of methoxy groups -OCH3 is 1. The number of nitrogens with one attached hydrogen (secondary N) is 3. The van der Waals surface area contributed by atoms with Crippen molar-refractivity contribution >= 4 is 57.7 Å². The number of hydrogen-bond acceptors (Lipinski definition) is 11. The average Bonchev–Trinajstić information content (AvgIpc) is 3.32. The van der Waals surface area contributed by atoms with Gasteiger partial charge in [-0.1, -0.05) is 39.3 Å². The first-order chi connectivity index (χ1) is 19.8. The number of guanidine groups is 1. The predicted octanol–water partition coefficient (Wildman–Crippen LogP) is 5.76. The molecule has 0 aliphatic carbocycles. The second-order valence-electron chi connectivity index (χ2n) is 13.3. The molecule has 0 aliphatic rings. The third kappa shape index (κ3) is 18.3. The van der Waals surface area contributed by atoms with E-state index in [9.17, 15) is 19.2 Å². The minimum Gasteiger partial charge on any atom is -0.464 e. The molecule has 3 N–H and O–H groups in total. The van der Waals surface area contributed by atoms with E-state index in [1.807, 2.05) is 0 Å². The molecule has 0 fully saturated rings. The maximum atomic E-state index is 12.5. The van der Waals surface area contributed by atoms with Gasteiger partial charge < -0.3 is 24.3 Å². The van der Waals surface area contributed by atoms with Gasteiger partial charge in [-0.2, -0.15) is 0 Å². The largest absolute Gasteiger partial charge is 0.464 e. The van der Waals surface area contributed by atoms with Gasteiger partial charge in [0.05, 0.1) is 26.4 Å². The maximum Gasteiger partial charge on any atom is 0.413 e. The van der Waals surface area contributed by atoms with Crippen molar-refractivity contribution in [3.63, 3.8) is 0 Å². The Morgan fingerprint density at radius 2 is 1.47 bits per heavy atom. The van der Waals surface area contributed by atoms with Gasteiger partial charge >= 0.3 is 24.2 Å². The summed E-state index contributed by atoms with van der Waals surface area (Å²) in [7, 11) is -1.55. The van der Waals surface area contributed by atoms with E-state index in [2.05, 4.69) is 65.2 Å². The fraction of sp³-hybridized carbons (Fsp3) is 0.704. The van der Waals surface area contributed by atoms with E-state index in [1.54, 1.807) is 26.2 Å². The SMILES string of the molecule is COC(=O)c1csc([C@H](CCCN=C(NC(=O)OCC[Si](C)(C)C)NC(=O)OCC[Si](C)(C)C)NC(=O)OC(C)(C)C)n1. The lowest BCUT2D eigenvalue weighted by molar-refractivity contribution is 0.0500. The molecule has 244 valence electrons. The summed E-state index contributed by atoms with van der Waals surface area (Å²) in [6, 6.07) is 0.995. The highest BCUT2D eigenvalue weighted by atomic mass is 32.1. The molecule has 1 rings (SSSR count). The van der Waals surface area contributed by atoms with Crippen molar-refractivity contribution in [2.75, 3.05) is 26.9 Å². The second-order valence-corrected chi connectivity index (χ2v) is 25.4. The van der Waals surface area contributed by atoms with E-state index in [0.29, 0.717) is 17.8 Å². The van der Waals surface area contributed by atoms with Crippen LogP contribution in [0.3, 0.4) is 0 Å². The zero-order valence-electron chi connectivity index (χ0n) is 27.2. The molecule has 1 aromatic rings. The Kier molecular flexibility index (Phi) is 15.3. The van der Waals surface area contributed by atoms with Crippen LogP contribution in [0.25, 0.3) is 0 Å². The number of aliphatic imine (C=N–C) groups is 1. The van der Waals surface area contributed by atoms with E-state index >= 15 is 0 Å². The summed E-state index contributed by atoms with van der Waals surface area (Å²) < 4.78 is 20.7. The molecule has 0 radical (unpaired) electrons. The van der Waals surface area contributed by atoms with Crippen molar-refractivity contribution in [2.24, 2.45) is 4.99 Å². The second kappa shape index (κ2) is 17.3. The normalized spacial score (nSPS) is 12.4. The lowest BCUT2D eigenvalue weighted by Gasteiger charge is -2.22. The Hall–Kier alpha value is -2.99. The van der Waals surface area contributed by atoms with Gasteiger partial charge in [-0.15, -0.1) is 11.3 Å². The van der Waals surface area contributed by atoms with Crippen LogP contribution in [0.5, 0.6) is 0 Å². The minimum atomic E-state index is -1.41. The Morgan fingerprint density at radius 1 is 0.930 bits per heavy atom. The fourth-order valence-corrected chi connectivity index (χ4v) is 5.42. The standard InChI is InChI=1S/C27H49N5O8SSi2/c1-27(2,3)40-26(36)30-19(21-29-20(18-41-21)22(33)37-4)12-11-13-28-23(31-24(34)38-14-16-42(5,6)7)32-25(35)39-15-17-43(8,9)10/h18-19H,11-17H2,1-10H3,(H,30,36)(H2,28,31,32,34,35)/t19-/m0/s1. The Bertz CT molecular complexity index is 1070. The molecule has 0 aliphatic heterocycles. The van der Waals surface area contributed by atoms with Crippen LogP contribution in [0.15, 0.2) is 10.4 Å². The van der Waals surface area contributed by atoms with Gasteiger partial charge in [-0.3, -0.25) is 15.6 Å². The Morgan fingerprint density at radius 3 is 1.93 bits per heavy atom. The van der Waals surface area contributed by atoms with Crippen LogP contribution in [0.1, 0.15) is 55.2 Å². The first-order valence-corrected chi connectivity index (χ1v) is 22.5. The first-order valence-electron chi connectivity index (χ1n) is 14.2. The molecule has 1 aromatic heterocycles. The van der Waals surface area contributed by atoms with Crippen LogP contribution in [0.2, 0.25) is 51.4 Å². The van der Waals surface area contributed by atoms with Gasteiger partial charge in [0, 0.05) is 28.1 Å². The summed E-state index contributed by atoms with van der Waals surface area (Å²) in [5.41, 5.74) is -0.578. The van der Waals surface area contributed by atoms with Crippen LogP contribution < -0.4 is 16.0 Å². The highest BCUT2D eigenvalue weighted by Crippen LogP contribution is 2.24. The Balaban J connectivity index is 2.96. The molecule has 0 unspecified atom stereocenters. The number of thiazole rings is 1. The van der Waals surface area contributed by atoms with Gasteiger partial charge in [-0.05, 0) is 45.7 Å². The van der Waals surface area contributed by atoms with E-state index in [4.69, 9.17) is 18.9 Å². The molecule has 0 saturated carbocycles. The highest BCUT2D eigenvalue weighted by Gasteiger charge is 2.24. The molecule has 3 amide bonds. The number of hydrogen-bond donors (Lipinski definition) is 3. The molecule has 0 aromatic carbocycles. The number of aromatic nitrogens is 1. The van der Waals surface area contributed by atoms with Crippen molar-refractivity contribution in [3.8, 4) is 0 Å². The first kappa shape index (κ1) is 38.0. The van der Waals surface area contributed by atoms with Crippen LogP contribution in [-0.2, 0) is 18.9 Å². The average molecular weight is 660 g/mol. The molecule has 0 bridgehead atoms. The van der Waals surface area contributed by atoms with Crippen molar-refractivity contribution in [1.82, 2.24) is 20.9 Å². The number of ether oxygens (including phenoxy) is 4. The van der Waals surface area contributed by atoms with Crippen LogP contribution in [0, 0.1) is 0 Å². The van der Waals surface area contributed by atoms with Crippen molar-refractivity contribution in [1.29, 1.82) is 0 Å². The number of esters is 1. The summed E-state index contributed by atoms with van der Waals surface area (Å²) in [5, 5.41) is 9.82. The van der Waals surface area contributed by atoms with Gasteiger partial charge in [0.15, 0.2) is 5.69 Å². The number of nitrogens with zero attached hydrogens (tertiary/aromatic N) is 2. The molecule has 0 spiro atoms. The van der Waals surface area contributed by atoms with E-state index in [0.717, 1.165) is 12.1 Å². The number of alkyl carbamates (subject to hydrolysis) is 3. The quantitative estimate of drug-likeness (QED) is 0.0596. The predicted molar refractivity (Wildman–Crippen MR) is 172 cm³/mol. The van der Waals surface area contributed by atoms with Crippen LogP contribution in [-0.4, -0.2) is 83.8 Å². The molecular weight excluding hydrogens is 611 g/mol. The van der Waals surface area contributed by atoms with Gasteiger partial charge in [0.2, 0.25) is 5.96 Å². The highest BCUT2D eigenvalue weighted by molar-refractivity contribution is 7.09. The fourth-order valence-electron chi connectivity index (χ4n) is 3.12. The van der Waals surface area contributed by atoms with E-state index in [-0.39, 0.29) is 31.4 Å². The monoisotopic (exact) mass is 659 g/mol. The summed E-state index contributed by atoms with van der Waals surface area (Å²) in [5.74, 6) is -0.687. The molecule has 0 saturated heterocycles. The van der Waals surface area contributed by atoms with Crippen LogP contribution >= 0.6 is 11.3 Å². The van der Waals surface area contributed by atoms with Gasteiger partial charge in [-0.25, -0.2) is 24.2 Å². The lowest BCUT2D eigenvalue weighted by atomic mass is 10.1. The number of amides is 3. The molecule has 1 heterocycles. The van der Waals surface area contributed by atoms with Crippen molar-refractivity contribution in [3.05, 3.63) is 16.1 Å². The van der Waals surface area contributed by atoms with E-state index in [1.165, 1.54) is 18.4 Å². The van der Waals surface area contributed by atoms with Gasteiger partial charge in [0.25, 0.3) is 0 Å². The van der Waals surface area contributed by atoms with E-state index < -0.39 is 52.0 Å². The molecule has 13 nitrogen and oxygen atoms in total. The number of carbonyl (C=O) groups is 4. The van der Waals surface area contributed by atoms with Gasteiger partial charge in [0.1, 0.15) is 10.6 Å². The zero-order valence-corrected chi connectivity index (χ0v) is 30.0. The molecule has 16 heteroatoms. The number of carbonyl (C=O) groups excluding carboxylic acids is 4. The number of rotatable bonds is 13. The summed E-state index contributed by atoms with van der Waals surface area (Å²) in [4.78, 5) is 57.9. The summed E-state index contributed by atoms with van der Waals surface area (Å²) in [6.45, 7) is 19.0. The summed E-state index contributed by atoms with van der Waals surface area (Å²) in [6.07, 6.45) is -1.33.